The number of aromatic hydroxyl groups is 1. The molecule has 2 heterocycles. The quantitative estimate of drug-likeness (QED) is 0.155. The van der Waals surface area contributed by atoms with Crippen LogP contribution in [0.5, 0.6) is 5.75 Å². The molecule has 0 radical (unpaired) electrons. The van der Waals surface area contributed by atoms with Crippen molar-refractivity contribution in [3.8, 4) is 5.75 Å². The van der Waals surface area contributed by atoms with Crippen molar-refractivity contribution in [1.29, 1.82) is 0 Å². The van der Waals surface area contributed by atoms with Crippen LogP contribution in [-0.4, -0.2) is 103 Å². The largest absolute Gasteiger partial charge is 0.508 e. The second-order valence-electron chi connectivity index (χ2n) is 18.9. The molecule has 1 aromatic rings. The lowest BCUT2D eigenvalue weighted by Crippen LogP contribution is -2.67. The van der Waals surface area contributed by atoms with E-state index in [2.05, 4.69) is 20.8 Å². The fourth-order valence-electron chi connectivity index (χ4n) is 12.5. The maximum absolute atomic E-state index is 14.3. The molecule has 300 valence electrons. The number of ketones is 1. The van der Waals surface area contributed by atoms with Crippen LogP contribution in [0.2, 0.25) is 0 Å². The zero-order valence-corrected chi connectivity index (χ0v) is 32.7. The Bertz CT molecular complexity index is 1660. The first-order chi connectivity index (χ1) is 25.4. The Morgan fingerprint density at radius 1 is 1.02 bits per heavy atom. The molecular weight excluding hydrogens is 690 g/mol. The molecule has 54 heavy (non-hydrogen) atoms. The number of hydrogen-bond donors (Lipinski definition) is 7. The Kier molecular flexibility index (Phi) is 10.3. The third-order valence-electron chi connectivity index (χ3n) is 16.1. The molecule has 6 aliphatic rings. The van der Waals surface area contributed by atoms with Crippen molar-refractivity contribution in [3.05, 3.63) is 35.4 Å². The van der Waals surface area contributed by atoms with Gasteiger partial charge in [0, 0.05) is 36.2 Å². The van der Waals surface area contributed by atoms with Gasteiger partial charge in [0.1, 0.15) is 11.9 Å². The molecule has 4 aliphatic carbocycles. The van der Waals surface area contributed by atoms with Crippen LogP contribution in [0.15, 0.2) is 29.8 Å². The Morgan fingerprint density at radius 3 is 2.43 bits per heavy atom. The highest BCUT2D eigenvalue weighted by Crippen LogP contribution is 2.72. The van der Waals surface area contributed by atoms with Gasteiger partial charge >= 0.3 is 0 Å². The van der Waals surface area contributed by atoms with Crippen LogP contribution in [0.25, 0.3) is 0 Å². The zero-order chi connectivity index (χ0) is 39.2. The summed E-state index contributed by atoms with van der Waals surface area (Å²) in [6.07, 6.45) is 3.41. The first kappa shape index (κ1) is 39.8. The number of anilines is 1. The number of epoxide rings is 1. The molecule has 5 fully saturated rings. The predicted octanol–water partition coefficient (Wildman–Crippen LogP) is 3.81. The number of carbonyl (C=O) groups excluding carboxylic acids is 2. The van der Waals surface area contributed by atoms with E-state index < -0.39 is 58.3 Å². The number of rotatable bonds is 12. The van der Waals surface area contributed by atoms with E-state index in [4.69, 9.17) is 4.74 Å². The number of carbonyl (C=O) groups is 2. The highest BCUT2D eigenvalue weighted by atomic mass is 16.6. The van der Waals surface area contributed by atoms with E-state index in [0.717, 1.165) is 5.56 Å². The van der Waals surface area contributed by atoms with Crippen LogP contribution in [0.1, 0.15) is 104 Å². The number of hydrogen-bond acceptors (Lipinski definition) is 10. The monoisotopic (exact) mass is 753 g/mol. The third-order valence-corrected chi connectivity index (χ3v) is 16.1. The maximum atomic E-state index is 14.3. The van der Waals surface area contributed by atoms with Crippen LogP contribution in [-0.2, 0) is 20.7 Å². The molecule has 7 rings (SSSR count). The number of phenolic OH excluding ortho intramolecular Hbond substituents is 1. The summed E-state index contributed by atoms with van der Waals surface area (Å²) in [5.74, 6) is -0.681. The number of allylic oxidation sites excluding steroid dienone is 1. The molecule has 1 amide bonds. The number of phenols is 1. The minimum absolute atomic E-state index is 0.0190. The first-order valence-electron chi connectivity index (χ1n) is 20.5. The van der Waals surface area contributed by atoms with Crippen LogP contribution in [0, 0.1) is 45.8 Å². The number of amides is 1. The number of fused-ring (bicyclic) bond motifs is 5. The fourth-order valence-corrected chi connectivity index (χ4v) is 12.5. The van der Waals surface area contributed by atoms with E-state index in [9.17, 15) is 45.3 Å². The summed E-state index contributed by atoms with van der Waals surface area (Å²) >= 11 is 0. The van der Waals surface area contributed by atoms with E-state index in [1.54, 1.807) is 17.0 Å². The number of aliphatic hydroxyl groups is 6. The van der Waals surface area contributed by atoms with Crippen molar-refractivity contribution in [2.24, 2.45) is 45.8 Å². The molecule has 11 nitrogen and oxygen atoms in total. The molecular formula is C43H63NO10. The maximum Gasteiger partial charge on any atom is 0.230 e. The molecule has 13 atom stereocenters. The summed E-state index contributed by atoms with van der Waals surface area (Å²) in [6, 6.07) is 5.21. The van der Waals surface area contributed by atoms with Gasteiger partial charge < -0.3 is 45.4 Å². The van der Waals surface area contributed by atoms with Gasteiger partial charge in [-0.05, 0) is 136 Å². The molecule has 0 aromatic heterocycles. The van der Waals surface area contributed by atoms with Crippen molar-refractivity contribution in [3.63, 3.8) is 0 Å². The van der Waals surface area contributed by atoms with Crippen molar-refractivity contribution in [2.75, 3.05) is 24.7 Å². The lowest BCUT2D eigenvalue weighted by Gasteiger charge is -2.64. The Hall–Kier alpha value is -2.38. The number of benzene rings is 1. The Morgan fingerprint density at radius 2 is 1.74 bits per heavy atom. The molecule has 1 aromatic carbocycles. The summed E-state index contributed by atoms with van der Waals surface area (Å²) < 4.78 is 6.27. The average molecular weight is 754 g/mol. The number of aryl methyl sites for hydroxylation is 1. The SMILES string of the molecule is CC(C)C(C)C1OC1C(C)(O)C1CCC2(O)C3=CC(=O)C4(CO)CC(O)C(O)CC4(C)C3CCC12CCc1cc(O)cc(N2CCC(CCCO)C2=O)c1. The Balaban J connectivity index is 1.26. The topological polar surface area (TPSA) is 192 Å². The highest BCUT2D eigenvalue weighted by Gasteiger charge is 2.74. The van der Waals surface area contributed by atoms with Crippen LogP contribution >= 0.6 is 0 Å². The number of aliphatic hydroxyl groups excluding tert-OH is 4. The summed E-state index contributed by atoms with van der Waals surface area (Å²) in [6.45, 7) is 10.3. The molecule has 7 N–H and O–H groups in total. The van der Waals surface area contributed by atoms with Crippen LogP contribution in [0.4, 0.5) is 5.69 Å². The normalized spacial score (nSPS) is 42.0. The standard InChI is InChI=1S/C43H63NO10/c1-24(2)25(3)36-37(54-36)40(5,52)34-10-14-43(53)31-20-35(50)42(23-46)22-33(49)32(48)21-39(42,4)30(31)9-13-41(34,43)12-8-26-17-28(19-29(47)18-26)44-15-11-27(38(44)51)7-6-16-45/h17-20,24-25,27,30,32-34,36-37,45-49,52-53H,6-16,21-23H2,1-5H3. The van der Waals surface area contributed by atoms with Crippen LogP contribution < -0.4 is 4.90 Å². The Labute approximate surface area is 319 Å². The molecule has 2 saturated heterocycles. The first-order valence-corrected chi connectivity index (χ1v) is 20.5. The van der Waals surface area contributed by atoms with Gasteiger partial charge in [0.05, 0.1) is 41.5 Å². The van der Waals surface area contributed by atoms with E-state index in [1.807, 2.05) is 19.9 Å². The summed E-state index contributed by atoms with van der Waals surface area (Å²) in [5, 5.41) is 78.8. The predicted molar refractivity (Wildman–Crippen MR) is 201 cm³/mol. The van der Waals surface area contributed by atoms with Gasteiger partial charge in [-0.1, -0.05) is 27.7 Å². The van der Waals surface area contributed by atoms with E-state index >= 15 is 0 Å². The third kappa shape index (κ3) is 5.85. The lowest BCUT2D eigenvalue weighted by atomic mass is 9.40. The van der Waals surface area contributed by atoms with Gasteiger partial charge in [0.25, 0.3) is 0 Å². The molecule has 0 spiro atoms. The van der Waals surface area contributed by atoms with E-state index in [-0.39, 0.29) is 60.7 Å². The second-order valence-corrected chi connectivity index (χ2v) is 18.9. The van der Waals surface area contributed by atoms with Crippen molar-refractivity contribution in [1.82, 2.24) is 0 Å². The number of nitrogens with zero attached hydrogens (tertiary/aromatic N) is 1. The molecule has 0 bridgehead atoms. The zero-order valence-electron chi connectivity index (χ0n) is 32.7. The summed E-state index contributed by atoms with van der Waals surface area (Å²) in [4.78, 5) is 29.4. The van der Waals surface area contributed by atoms with Gasteiger partial charge in [-0.15, -0.1) is 0 Å². The van der Waals surface area contributed by atoms with Gasteiger partial charge in [-0.25, -0.2) is 0 Å². The summed E-state index contributed by atoms with van der Waals surface area (Å²) in [7, 11) is 0. The van der Waals surface area contributed by atoms with Gasteiger partial charge in [-0.2, -0.15) is 0 Å². The number of ether oxygens (including phenoxy) is 1. The van der Waals surface area contributed by atoms with Crippen LogP contribution in [0.3, 0.4) is 0 Å². The smallest absolute Gasteiger partial charge is 0.230 e. The van der Waals surface area contributed by atoms with Gasteiger partial charge in [0.2, 0.25) is 5.91 Å². The summed E-state index contributed by atoms with van der Waals surface area (Å²) in [5.41, 5.74) is -3.90. The van der Waals surface area contributed by atoms with E-state index in [1.165, 1.54) is 6.08 Å². The average Bonchev–Trinajstić information content (AvgIpc) is 3.76. The molecule has 13 unspecified atom stereocenters. The highest BCUT2D eigenvalue weighted by molar-refractivity contribution is 5.98. The molecule has 2 aliphatic heterocycles. The lowest BCUT2D eigenvalue weighted by molar-refractivity contribution is -0.195. The second kappa shape index (κ2) is 13.9. The molecule has 11 heteroatoms. The van der Waals surface area contributed by atoms with E-state index in [0.29, 0.717) is 81.5 Å². The van der Waals surface area contributed by atoms with Crippen molar-refractivity contribution in [2.45, 2.75) is 141 Å². The van der Waals surface area contributed by atoms with Crippen molar-refractivity contribution >= 4 is 17.4 Å². The fraction of sp³-hybridized carbons (Fsp3) is 0.767. The van der Waals surface area contributed by atoms with Crippen molar-refractivity contribution < 1.29 is 50.1 Å². The minimum atomic E-state index is -1.50. The van der Waals surface area contributed by atoms with Gasteiger partial charge in [-0.3, -0.25) is 9.59 Å². The minimum Gasteiger partial charge on any atom is -0.508 e. The molecule has 3 saturated carbocycles. The van der Waals surface area contributed by atoms with Gasteiger partial charge in [0.15, 0.2) is 5.78 Å².